The predicted molar refractivity (Wildman–Crippen MR) is 115 cm³/mol. The molecule has 156 valence electrons. The van der Waals surface area contributed by atoms with E-state index in [4.69, 9.17) is 9.47 Å². The molecule has 2 heterocycles. The number of benzene rings is 2. The summed E-state index contributed by atoms with van der Waals surface area (Å²) >= 11 is 0. The van der Waals surface area contributed by atoms with Gasteiger partial charge in [-0.25, -0.2) is 0 Å². The van der Waals surface area contributed by atoms with Crippen molar-refractivity contribution in [3.8, 4) is 5.75 Å². The van der Waals surface area contributed by atoms with Crippen molar-refractivity contribution >= 4 is 5.91 Å². The number of ether oxygens (including phenoxy) is 2. The molecule has 1 aliphatic heterocycles. The van der Waals surface area contributed by atoms with Gasteiger partial charge in [0.1, 0.15) is 18.1 Å². The van der Waals surface area contributed by atoms with Crippen LogP contribution in [0.25, 0.3) is 0 Å². The first-order chi connectivity index (χ1) is 14.6. The second-order valence-corrected chi connectivity index (χ2v) is 7.64. The largest absolute Gasteiger partial charge is 0.491 e. The number of rotatable bonds is 1. The molecule has 0 unspecified atom stereocenters. The number of hydrogen-bond acceptors (Lipinski definition) is 4. The molecule has 0 radical (unpaired) electrons. The predicted octanol–water partition coefficient (Wildman–Crippen LogP) is 3.37. The van der Waals surface area contributed by atoms with Gasteiger partial charge in [-0.15, -0.1) is 0 Å². The van der Waals surface area contributed by atoms with Gasteiger partial charge < -0.3 is 14.4 Å². The molecule has 0 saturated heterocycles. The van der Waals surface area contributed by atoms with Gasteiger partial charge in [-0.2, -0.15) is 5.10 Å². The van der Waals surface area contributed by atoms with E-state index in [-0.39, 0.29) is 5.91 Å². The van der Waals surface area contributed by atoms with Crippen molar-refractivity contribution in [1.82, 2.24) is 14.7 Å². The van der Waals surface area contributed by atoms with Crippen LogP contribution in [-0.4, -0.2) is 47.0 Å². The molecule has 0 fully saturated rings. The quantitative estimate of drug-likeness (QED) is 0.623. The molecule has 0 saturated carbocycles. The molecule has 1 aliphatic rings. The summed E-state index contributed by atoms with van der Waals surface area (Å²) in [6, 6.07) is 16.4. The minimum atomic E-state index is -0.0479. The van der Waals surface area contributed by atoms with E-state index in [1.165, 1.54) is 11.1 Å². The Kier molecular flexibility index (Phi) is 6.14. The first kappa shape index (κ1) is 20.2. The molecule has 6 heteroatoms. The minimum absolute atomic E-state index is 0.0479. The van der Waals surface area contributed by atoms with Crippen LogP contribution in [0.15, 0.2) is 54.7 Å². The molecule has 30 heavy (non-hydrogen) atoms. The lowest BCUT2D eigenvalue weighted by Gasteiger charge is -2.23. The molecule has 0 atom stereocenters. The van der Waals surface area contributed by atoms with Crippen LogP contribution < -0.4 is 4.74 Å². The Labute approximate surface area is 177 Å². The van der Waals surface area contributed by atoms with E-state index in [9.17, 15) is 4.79 Å². The fourth-order valence-corrected chi connectivity index (χ4v) is 3.75. The Morgan fingerprint density at radius 3 is 2.73 bits per heavy atom. The van der Waals surface area contributed by atoms with Crippen LogP contribution in [0.1, 0.15) is 32.7 Å². The van der Waals surface area contributed by atoms with Crippen LogP contribution >= 0.6 is 0 Å². The smallest absolute Gasteiger partial charge is 0.272 e. The van der Waals surface area contributed by atoms with Crippen molar-refractivity contribution in [2.24, 2.45) is 7.05 Å². The maximum absolute atomic E-state index is 13.1. The molecular weight excluding hydrogens is 378 g/mol. The number of amides is 1. The van der Waals surface area contributed by atoms with Gasteiger partial charge in [-0.1, -0.05) is 42.0 Å². The van der Waals surface area contributed by atoms with Crippen molar-refractivity contribution in [3.05, 3.63) is 82.7 Å². The molecule has 2 bridgehead atoms. The number of aryl methyl sites for hydroxylation is 2. The van der Waals surface area contributed by atoms with Crippen LogP contribution in [0.4, 0.5) is 0 Å². The van der Waals surface area contributed by atoms with Crippen molar-refractivity contribution in [2.45, 2.75) is 19.9 Å². The van der Waals surface area contributed by atoms with Gasteiger partial charge in [0.2, 0.25) is 0 Å². The van der Waals surface area contributed by atoms with E-state index in [1.54, 1.807) is 24.0 Å². The zero-order chi connectivity index (χ0) is 20.9. The van der Waals surface area contributed by atoms with Crippen molar-refractivity contribution in [2.75, 3.05) is 26.4 Å². The lowest BCUT2D eigenvalue weighted by atomic mass is 10.00. The summed E-state index contributed by atoms with van der Waals surface area (Å²) in [6.45, 7) is 4.53. The highest BCUT2D eigenvalue weighted by molar-refractivity contribution is 5.92. The third-order valence-electron chi connectivity index (χ3n) is 5.29. The number of carbonyl (C=O) groups excluding carboxylic acids is 1. The molecule has 4 rings (SSSR count). The van der Waals surface area contributed by atoms with E-state index in [0.29, 0.717) is 38.6 Å². The molecule has 2 aromatic carbocycles. The molecular formula is C24H27N3O3. The van der Waals surface area contributed by atoms with Gasteiger partial charge in [0, 0.05) is 32.8 Å². The summed E-state index contributed by atoms with van der Waals surface area (Å²) in [4.78, 5) is 14.9. The summed E-state index contributed by atoms with van der Waals surface area (Å²) in [5.74, 6) is 0.855. The van der Waals surface area contributed by atoms with Crippen LogP contribution in [0, 0.1) is 6.92 Å². The van der Waals surface area contributed by atoms with Gasteiger partial charge in [0.15, 0.2) is 0 Å². The fraction of sp³-hybridized carbons (Fsp3) is 0.333. The van der Waals surface area contributed by atoms with E-state index in [0.717, 1.165) is 23.3 Å². The van der Waals surface area contributed by atoms with E-state index < -0.39 is 0 Å². The first-order valence-corrected chi connectivity index (χ1v) is 10.3. The van der Waals surface area contributed by atoms with E-state index in [1.807, 2.05) is 11.0 Å². The van der Waals surface area contributed by atoms with Gasteiger partial charge in [0.25, 0.3) is 5.91 Å². The zero-order valence-electron chi connectivity index (χ0n) is 17.5. The molecule has 0 aliphatic carbocycles. The highest BCUT2D eigenvalue weighted by Gasteiger charge is 2.19. The standard InChI is InChI=1S/C24H27N3O3/c1-18-6-7-23-21(14-18)16-19-4-3-5-20(15-19)17-27(10-11-29-12-13-30-23)24(28)22-8-9-25-26(22)2/h3-9,14-15H,10-13,16-17H2,1-2H3. The number of carbonyl (C=O) groups is 1. The molecule has 1 aromatic heterocycles. The highest BCUT2D eigenvalue weighted by atomic mass is 16.5. The third-order valence-corrected chi connectivity index (χ3v) is 5.29. The molecule has 1 amide bonds. The Morgan fingerprint density at radius 2 is 1.90 bits per heavy atom. The first-order valence-electron chi connectivity index (χ1n) is 10.3. The van der Waals surface area contributed by atoms with E-state index >= 15 is 0 Å². The van der Waals surface area contributed by atoms with Crippen LogP contribution in [0.5, 0.6) is 5.75 Å². The number of nitrogens with zero attached hydrogens (tertiary/aromatic N) is 3. The van der Waals surface area contributed by atoms with Crippen LogP contribution in [0.3, 0.4) is 0 Å². The topological polar surface area (TPSA) is 56.6 Å². The Morgan fingerprint density at radius 1 is 1.03 bits per heavy atom. The Bertz CT molecular complexity index is 1030. The van der Waals surface area contributed by atoms with Crippen molar-refractivity contribution < 1.29 is 14.3 Å². The second-order valence-electron chi connectivity index (χ2n) is 7.64. The maximum atomic E-state index is 13.1. The molecule has 3 aromatic rings. The van der Waals surface area contributed by atoms with Crippen molar-refractivity contribution in [3.63, 3.8) is 0 Å². The second kappa shape index (κ2) is 9.13. The lowest BCUT2D eigenvalue weighted by molar-refractivity contribution is 0.0563. The average Bonchev–Trinajstić information content (AvgIpc) is 3.16. The SMILES string of the molecule is Cc1ccc2c(c1)Cc1cccc(c1)CN(C(=O)c1ccnn1C)CCOCCO2. The van der Waals surface area contributed by atoms with Gasteiger partial charge in [0.05, 0.1) is 13.2 Å². The summed E-state index contributed by atoms with van der Waals surface area (Å²) in [7, 11) is 1.78. The molecule has 6 nitrogen and oxygen atoms in total. The number of aromatic nitrogens is 2. The fourth-order valence-electron chi connectivity index (χ4n) is 3.75. The summed E-state index contributed by atoms with van der Waals surface area (Å²) in [5, 5.41) is 4.13. The van der Waals surface area contributed by atoms with Crippen LogP contribution in [0.2, 0.25) is 0 Å². The lowest BCUT2D eigenvalue weighted by Crippen LogP contribution is -2.35. The normalized spacial score (nSPS) is 15.1. The van der Waals surface area contributed by atoms with E-state index in [2.05, 4.69) is 48.4 Å². The number of hydrogen-bond donors (Lipinski definition) is 0. The van der Waals surface area contributed by atoms with Gasteiger partial charge >= 0.3 is 0 Å². The Hall–Kier alpha value is -3.12. The minimum Gasteiger partial charge on any atom is -0.491 e. The molecule has 0 spiro atoms. The third kappa shape index (κ3) is 4.71. The average molecular weight is 405 g/mol. The Balaban J connectivity index is 1.63. The summed E-state index contributed by atoms with van der Waals surface area (Å²) in [5.41, 5.74) is 5.23. The van der Waals surface area contributed by atoms with Gasteiger partial charge in [-0.3, -0.25) is 9.48 Å². The monoisotopic (exact) mass is 405 g/mol. The van der Waals surface area contributed by atoms with Crippen molar-refractivity contribution in [1.29, 1.82) is 0 Å². The van der Waals surface area contributed by atoms with Crippen LogP contribution in [-0.2, 0) is 24.8 Å². The zero-order valence-corrected chi connectivity index (χ0v) is 17.5. The highest BCUT2D eigenvalue weighted by Crippen LogP contribution is 2.24. The maximum Gasteiger partial charge on any atom is 0.272 e. The molecule has 0 N–H and O–H groups in total. The van der Waals surface area contributed by atoms with Gasteiger partial charge in [-0.05, 0) is 35.7 Å². The summed E-state index contributed by atoms with van der Waals surface area (Å²) in [6.07, 6.45) is 2.42. The number of fused-ring (bicyclic) bond motifs is 3. The summed E-state index contributed by atoms with van der Waals surface area (Å²) < 4.78 is 13.4.